The average Bonchev–Trinajstić information content (AvgIpc) is 2.67. The molecule has 0 aliphatic rings. The number of urea groups is 1. The summed E-state index contributed by atoms with van der Waals surface area (Å²) < 4.78 is 5.12. The first-order valence-electron chi connectivity index (χ1n) is 8.73. The highest BCUT2D eigenvalue weighted by atomic mass is 35.5. The number of ether oxygens (including phenoxy) is 1. The summed E-state index contributed by atoms with van der Waals surface area (Å²) in [4.78, 5) is 37.4. The number of benzene rings is 2. The van der Waals surface area contributed by atoms with Crippen molar-refractivity contribution in [1.29, 1.82) is 0 Å². The van der Waals surface area contributed by atoms with Gasteiger partial charge in [-0.15, -0.1) is 0 Å². The van der Waals surface area contributed by atoms with Gasteiger partial charge in [-0.25, -0.2) is 4.79 Å². The van der Waals surface area contributed by atoms with Gasteiger partial charge >= 0.3 is 12.0 Å². The van der Waals surface area contributed by atoms with Gasteiger partial charge in [0.1, 0.15) is 0 Å². The first kappa shape index (κ1) is 21.2. The number of para-hydroxylation sites is 1. The lowest BCUT2D eigenvalue weighted by molar-refractivity contribution is -0.148. The fourth-order valence-electron chi connectivity index (χ4n) is 2.68. The quantitative estimate of drug-likeness (QED) is 0.661. The van der Waals surface area contributed by atoms with Crippen molar-refractivity contribution in [3.63, 3.8) is 0 Å². The van der Waals surface area contributed by atoms with Gasteiger partial charge in [0.2, 0.25) is 0 Å². The number of amides is 3. The maximum absolute atomic E-state index is 12.4. The van der Waals surface area contributed by atoms with Crippen LogP contribution >= 0.6 is 11.6 Å². The van der Waals surface area contributed by atoms with Gasteiger partial charge in [0.05, 0.1) is 12.5 Å². The monoisotopic (exact) mass is 403 g/mol. The molecule has 2 aromatic carbocycles. The van der Waals surface area contributed by atoms with E-state index in [1.54, 1.807) is 36.4 Å². The van der Waals surface area contributed by atoms with Crippen LogP contribution in [0.15, 0.2) is 54.6 Å². The lowest BCUT2D eigenvalue weighted by atomic mass is 10.0. The van der Waals surface area contributed by atoms with Crippen LogP contribution in [0.4, 0.5) is 10.5 Å². The summed E-state index contributed by atoms with van der Waals surface area (Å²) in [6.45, 7) is 1.88. The number of halogens is 1. The third-order valence-electron chi connectivity index (χ3n) is 4.00. The van der Waals surface area contributed by atoms with Crippen LogP contribution in [-0.4, -0.2) is 31.1 Å². The average molecular weight is 404 g/mol. The van der Waals surface area contributed by atoms with Crippen LogP contribution < -0.4 is 16.0 Å². The zero-order valence-electron chi connectivity index (χ0n) is 15.4. The number of primary amides is 1. The summed E-state index contributed by atoms with van der Waals surface area (Å²) in [5, 5.41) is 3.02. The molecule has 3 N–H and O–H groups in total. The Balaban J connectivity index is 1.97. The molecule has 0 radical (unpaired) electrons. The zero-order valence-corrected chi connectivity index (χ0v) is 16.2. The van der Waals surface area contributed by atoms with E-state index in [-0.39, 0.29) is 12.3 Å². The Morgan fingerprint density at radius 3 is 2.32 bits per heavy atom. The van der Waals surface area contributed by atoms with Crippen LogP contribution in [-0.2, 0) is 14.3 Å². The number of rotatable bonds is 8. The Morgan fingerprint density at radius 1 is 1.11 bits per heavy atom. The first-order valence-corrected chi connectivity index (χ1v) is 9.11. The van der Waals surface area contributed by atoms with Crippen LogP contribution in [0.5, 0.6) is 0 Å². The van der Waals surface area contributed by atoms with Crippen LogP contribution in [0, 0.1) is 0 Å². The highest BCUT2D eigenvalue weighted by Crippen LogP contribution is 2.20. The number of hydrogen-bond acceptors (Lipinski definition) is 4. The fourth-order valence-corrected chi connectivity index (χ4v) is 2.80. The summed E-state index contributed by atoms with van der Waals surface area (Å²) >= 11 is 5.86. The highest BCUT2D eigenvalue weighted by molar-refractivity contribution is 6.30. The van der Waals surface area contributed by atoms with Crippen LogP contribution in [0.3, 0.4) is 0 Å². The molecule has 0 aromatic heterocycles. The number of nitrogens with zero attached hydrogens (tertiary/aromatic N) is 1. The molecule has 0 spiro atoms. The number of carbonyl (C=O) groups is 3. The van der Waals surface area contributed by atoms with E-state index in [2.05, 4.69) is 5.32 Å². The molecule has 0 bridgehead atoms. The standard InChI is InChI=1S/C20H22ClN3O4/c1-2-24(16-6-4-3-5-7-16)18(25)13-28-19(26)12-17(23-20(22)27)14-8-10-15(21)11-9-14/h3-11,17H,2,12-13H2,1H3,(H3,22,23,27)/t17-/m0/s1. The third-order valence-corrected chi connectivity index (χ3v) is 4.25. The normalized spacial score (nSPS) is 11.4. The SMILES string of the molecule is CCN(C(=O)COC(=O)C[C@H](NC(N)=O)c1ccc(Cl)cc1)c1ccccc1. The maximum atomic E-state index is 12.4. The molecule has 0 unspecified atom stereocenters. The third kappa shape index (κ3) is 6.28. The Labute approximate surface area is 168 Å². The highest BCUT2D eigenvalue weighted by Gasteiger charge is 2.21. The van der Waals surface area contributed by atoms with Crippen molar-refractivity contribution in [2.75, 3.05) is 18.1 Å². The summed E-state index contributed by atoms with van der Waals surface area (Å²) in [7, 11) is 0. The molecule has 3 amide bonds. The predicted molar refractivity (Wildman–Crippen MR) is 107 cm³/mol. The summed E-state index contributed by atoms with van der Waals surface area (Å²) in [6, 6.07) is 14.3. The van der Waals surface area contributed by atoms with Crippen LogP contribution in [0.1, 0.15) is 24.9 Å². The van der Waals surface area contributed by atoms with Crippen molar-refractivity contribution in [3.8, 4) is 0 Å². The molecule has 0 saturated heterocycles. The maximum Gasteiger partial charge on any atom is 0.312 e. The van der Waals surface area contributed by atoms with Crippen molar-refractivity contribution in [1.82, 2.24) is 5.32 Å². The van der Waals surface area contributed by atoms with E-state index >= 15 is 0 Å². The van der Waals surface area contributed by atoms with Gasteiger partial charge < -0.3 is 20.7 Å². The molecule has 8 heteroatoms. The smallest absolute Gasteiger partial charge is 0.312 e. The summed E-state index contributed by atoms with van der Waals surface area (Å²) in [6.07, 6.45) is -0.171. The predicted octanol–water partition coefficient (Wildman–Crippen LogP) is 3.04. The van der Waals surface area contributed by atoms with Gasteiger partial charge in [-0.1, -0.05) is 41.9 Å². The molecule has 0 aliphatic carbocycles. The van der Waals surface area contributed by atoms with E-state index in [0.717, 1.165) is 5.69 Å². The van der Waals surface area contributed by atoms with Crippen LogP contribution in [0.25, 0.3) is 0 Å². The molecule has 7 nitrogen and oxygen atoms in total. The van der Waals surface area contributed by atoms with Gasteiger partial charge in [0, 0.05) is 17.3 Å². The second-order valence-electron chi connectivity index (χ2n) is 5.95. The van der Waals surface area contributed by atoms with Crippen LogP contribution in [0.2, 0.25) is 5.02 Å². The van der Waals surface area contributed by atoms with Crippen molar-refractivity contribution < 1.29 is 19.1 Å². The van der Waals surface area contributed by atoms with Crippen molar-refractivity contribution in [3.05, 3.63) is 65.2 Å². The van der Waals surface area contributed by atoms with Crippen molar-refractivity contribution in [2.24, 2.45) is 5.73 Å². The Bertz CT molecular complexity index is 812. The molecular formula is C20H22ClN3O4. The Hall–Kier alpha value is -3.06. The van der Waals surface area contributed by atoms with E-state index in [4.69, 9.17) is 22.1 Å². The molecular weight excluding hydrogens is 382 g/mol. The minimum atomic E-state index is -0.773. The van der Waals surface area contributed by atoms with E-state index in [0.29, 0.717) is 17.1 Å². The van der Waals surface area contributed by atoms with Gasteiger partial charge in [-0.05, 0) is 36.8 Å². The lowest BCUT2D eigenvalue weighted by Gasteiger charge is -2.21. The minimum absolute atomic E-state index is 0.171. The topological polar surface area (TPSA) is 102 Å². The first-order chi connectivity index (χ1) is 13.4. The van der Waals surface area contributed by atoms with Gasteiger partial charge in [-0.3, -0.25) is 9.59 Å². The molecule has 1 atom stereocenters. The second kappa shape index (κ2) is 10.3. The van der Waals surface area contributed by atoms with E-state index in [1.165, 1.54) is 4.90 Å². The number of carbonyl (C=O) groups excluding carboxylic acids is 3. The van der Waals surface area contributed by atoms with Crippen molar-refractivity contribution >= 4 is 35.2 Å². The molecule has 0 fully saturated rings. The Morgan fingerprint density at radius 2 is 1.75 bits per heavy atom. The number of nitrogens with two attached hydrogens (primary N) is 1. The number of anilines is 1. The van der Waals surface area contributed by atoms with Gasteiger partial charge in [-0.2, -0.15) is 0 Å². The number of nitrogens with one attached hydrogen (secondary N) is 1. The van der Waals surface area contributed by atoms with Crippen molar-refractivity contribution in [2.45, 2.75) is 19.4 Å². The zero-order chi connectivity index (χ0) is 20.5. The molecule has 28 heavy (non-hydrogen) atoms. The number of likely N-dealkylation sites (N-methyl/N-ethyl adjacent to an activating group) is 1. The van der Waals surface area contributed by atoms with Gasteiger partial charge in [0.25, 0.3) is 5.91 Å². The van der Waals surface area contributed by atoms with E-state index < -0.39 is 24.6 Å². The second-order valence-corrected chi connectivity index (χ2v) is 6.39. The lowest BCUT2D eigenvalue weighted by Crippen LogP contribution is -2.36. The fraction of sp³-hybridized carbons (Fsp3) is 0.250. The summed E-state index contributed by atoms with van der Waals surface area (Å²) in [5.41, 5.74) is 6.56. The Kier molecular flexibility index (Phi) is 7.83. The molecule has 0 saturated carbocycles. The van der Waals surface area contributed by atoms with E-state index in [9.17, 15) is 14.4 Å². The molecule has 0 aliphatic heterocycles. The largest absolute Gasteiger partial charge is 0.455 e. The molecule has 0 heterocycles. The molecule has 2 aromatic rings. The molecule has 2 rings (SSSR count). The minimum Gasteiger partial charge on any atom is -0.455 e. The molecule has 148 valence electrons. The summed E-state index contributed by atoms with van der Waals surface area (Å²) in [5.74, 6) is -0.973. The van der Waals surface area contributed by atoms with Gasteiger partial charge in [0.15, 0.2) is 6.61 Å². The van der Waals surface area contributed by atoms with E-state index in [1.807, 2.05) is 25.1 Å². The number of hydrogen-bond donors (Lipinski definition) is 2. The number of esters is 1.